The fourth-order valence-electron chi connectivity index (χ4n) is 4.51. The van der Waals surface area contributed by atoms with Gasteiger partial charge in [-0.05, 0) is 38.0 Å². The summed E-state index contributed by atoms with van der Waals surface area (Å²) < 4.78 is 1.97. The third-order valence-electron chi connectivity index (χ3n) is 6.08. The molecule has 0 saturated heterocycles. The highest BCUT2D eigenvalue weighted by atomic mass is 35.5. The molecule has 1 unspecified atom stereocenters. The molecule has 2 amide bonds. The number of hydrogen-bond donors (Lipinski definition) is 2. The summed E-state index contributed by atoms with van der Waals surface area (Å²) in [6, 6.07) is 15.5. The monoisotopic (exact) mass is 448 g/mol. The van der Waals surface area contributed by atoms with Gasteiger partial charge in [0.25, 0.3) is 0 Å². The fraction of sp³-hybridized carbons (Fsp3) is 0.333. The minimum atomic E-state index is -0.683. The lowest BCUT2D eigenvalue weighted by Gasteiger charge is -2.24. The zero-order valence-corrected chi connectivity index (χ0v) is 18.6. The molecule has 164 valence electrons. The van der Waals surface area contributed by atoms with Gasteiger partial charge in [0.05, 0.1) is 11.4 Å². The van der Waals surface area contributed by atoms with E-state index in [2.05, 4.69) is 20.8 Å². The van der Waals surface area contributed by atoms with Crippen LogP contribution in [0.3, 0.4) is 0 Å². The van der Waals surface area contributed by atoms with E-state index in [4.69, 9.17) is 16.6 Å². The van der Waals surface area contributed by atoms with E-state index in [-0.39, 0.29) is 12.1 Å². The molecule has 0 bridgehead atoms. The molecule has 2 aliphatic rings. The summed E-state index contributed by atoms with van der Waals surface area (Å²) in [5, 5.41) is 15.5. The Kier molecular flexibility index (Phi) is 5.66. The lowest BCUT2D eigenvalue weighted by atomic mass is 9.96. The molecule has 1 fully saturated rings. The maximum absolute atomic E-state index is 12.9. The van der Waals surface area contributed by atoms with Crippen LogP contribution in [-0.4, -0.2) is 32.5 Å². The van der Waals surface area contributed by atoms with Gasteiger partial charge >= 0.3 is 6.03 Å². The van der Waals surface area contributed by atoms with E-state index in [9.17, 15) is 4.79 Å². The van der Waals surface area contributed by atoms with Gasteiger partial charge in [-0.1, -0.05) is 61.2 Å². The molecule has 2 heterocycles. The highest BCUT2D eigenvalue weighted by molar-refractivity contribution is 6.30. The summed E-state index contributed by atoms with van der Waals surface area (Å²) in [4.78, 5) is 17.9. The van der Waals surface area contributed by atoms with Crippen LogP contribution in [0.25, 0.3) is 5.69 Å². The van der Waals surface area contributed by atoms with E-state index < -0.39 is 6.17 Å². The molecule has 1 aromatic heterocycles. The van der Waals surface area contributed by atoms with Crippen LogP contribution in [0, 0.1) is 6.92 Å². The fourth-order valence-corrected chi connectivity index (χ4v) is 4.64. The van der Waals surface area contributed by atoms with Gasteiger partial charge in [-0.3, -0.25) is 9.56 Å². The normalized spacial score (nSPS) is 18.2. The van der Waals surface area contributed by atoms with Crippen molar-refractivity contribution in [2.75, 3.05) is 0 Å². The van der Waals surface area contributed by atoms with Gasteiger partial charge in [0, 0.05) is 22.2 Å². The first-order chi connectivity index (χ1) is 15.6. The molecule has 1 saturated carbocycles. The van der Waals surface area contributed by atoms with Gasteiger partial charge in [0.1, 0.15) is 5.82 Å². The average molecular weight is 449 g/mol. The molecule has 1 aliphatic carbocycles. The maximum atomic E-state index is 12.9. The van der Waals surface area contributed by atoms with Crippen LogP contribution in [-0.2, 0) is 0 Å². The molecule has 2 aromatic carbocycles. The second-order valence-electron chi connectivity index (χ2n) is 8.30. The Bertz CT molecular complexity index is 1160. The zero-order valence-electron chi connectivity index (χ0n) is 17.9. The highest BCUT2D eigenvalue weighted by Gasteiger charge is 2.29. The molecule has 7 nitrogen and oxygen atoms in total. The molecule has 1 aliphatic heterocycles. The number of urea groups is 1. The summed E-state index contributed by atoms with van der Waals surface area (Å²) in [6.07, 6.45) is 4.87. The Morgan fingerprint density at radius 3 is 2.53 bits per heavy atom. The van der Waals surface area contributed by atoms with Gasteiger partial charge in [0.2, 0.25) is 0 Å². The van der Waals surface area contributed by atoms with Crippen molar-refractivity contribution >= 4 is 23.3 Å². The number of benzene rings is 2. The predicted molar refractivity (Wildman–Crippen MR) is 124 cm³/mol. The van der Waals surface area contributed by atoms with E-state index in [0.29, 0.717) is 10.8 Å². The number of hydrogen-bond acceptors (Lipinski definition) is 4. The van der Waals surface area contributed by atoms with E-state index in [1.54, 1.807) is 0 Å². The van der Waals surface area contributed by atoms with E-state index >= 15 is 0 Å². The standard InChI is InChI=1S/C24H25ClN6O/c1-15-29-30-23-22(28-24(32)26-18-7-3-2-4-8-18)27-21(16-11-13-17(25)14-12-16)19-9-5-6-10-20(19)31(15)23/h5-6,9-14,18,22H,2-4,7-8H2,1H3,(H2,26,28,32). The van der Waals surface area contributed by atoms with Crippen molar-refractivity contribution in [3.05, 3.63) is 76.3 Å². The lowest BCUT2D eigenvalue weighted by molar-refractivity contribution is 0.228. The largest absolute Gasteiger partial charge is 0.335 e. The molecule has 1 atom stereocenters. The number of aliphatic imine (C=N–C) groups is 1. The number of amides is 2. The SMILES string of the molecule is Cc1nnc2n1-c1ccccc1C(c1ccc(Cl)cc1)=NC2NC(=O)NC1CCCCC1. The van der Waals surface area contributed by atoms with E-state index in [0.717, 1.165) is 54.0 Å². The summed E-state index contributed by atoms with van der Waals surface area (Å²) in [5.41, 5.74) is 3.55. The number of nitrogens with zero attached hydrogens (tertiary/aromatic N) is 4. The summed E-state index contributed by atoms with van der Waals surface area (Å²) in [7, 11) is 0. The van der Waals surface area contributed by atoms with Crippen molar-refractivity contribution < 1.29 is 4.79 Å². The number of aromatic nitrogens is 3. The number of carbonyl (C=O) groups excluding carboxylic acids is 1. The maximum Gasteiger partial charge on any atom is 0.317 e. The first-order valence-corrected chi connectivity index (χ1v) is 11.4. The number of fused-ring (bicyclic) bond motifs is 3. The molecule has 3 aromatic rings. The third-order valence-corrected chi connectivity index (χ3v) is 6.33. The number of carbonyl (C=O) groups is 1. The van der Waals surface area contributed by atoms with Crippen molar-refractivity contribution in [1.29, 1.82) is 0 Å². The summed E-state index contributed by atoms with van der Waals surface area (Å²) in [6.45, 7) is 1.90. The molecule has 0 spiro atoms. The van der Waals surface area contributed by atoms with Crippen LogP contribution in [0.4, 0.5) is 4.79 Å². The minimum absolute atomic E-state index is 0.200. The van der Waals surface area contributed by atoms with Crippen LogP contribution in [0.15, 0.2) is 53.5 Å². The quantitative estimate of drug-likeness (QED) is 0.608. The third kappa shape index (κ3) is 4.00. The lowest BCUT2D eigenvalue weighted by Crippen LogP contribution is -2.44. The number of rotatable bonds is 3. The van der Waals surface area contributed by atoms with E-state index in [1.165, 1.54) is 6.42 Å². The second-order valence-corrected chi connectivity index (χ2v) is 8.73. The highest BCUT2D eigenvalue weighted by Crippen LogP contribution is 2.30. The number of aryl methyl sites for hydroxylation is 1. The summed E-state index contributed by atoms with van der Waals surface area (Å²) in [5.74, 6) is 1.32. The zero-order chi connectivity index (χ0) is 22.1. The minimum Gasteiger partial charge on any atom is -0.335 e. The van der Waals surface area contributed by atoms with Crippen LogP contribution in [0.2, 0.25) is 5.02 Å². The Morgan fingerprint density at radius 2 is 1.75 bits per heavy atom. The van der Waals surface area contributed by atoms with E-state index in [1.807, 2.05) is 60.0 Å². The Morgan fingerprint density at radius 1 is 1.00 bits per heavy atom. The van der Waals surface area contributed by atoms with Crippen molar-refractivity contribution in [2.24, 2.45) is 4.99 Å². The van der Waals surface area contributed by atoms with Gasteiger partial charge < -0.3 is 10.6 Å². The number of para-hydroxylation sites is 1. The van der Waals surface area contributed by atoms with Crippen molar-refractivity contribution in [2.45, 2.75) is 51.2 Å². The smallest absolute Gasteiger partial charge is 0.317 e. The first-order valence-electron chi connectivity index (χ1n) is 11.0. The predicted octanol–water partition coefficient (Wildman–Crippen LogP) is 4.71. The van der Waals surface area contributed by atoms with Gasteiger partial charge in [0.15, 0.2) is 12.0 Å². The average Bonchev–Trinajstić information content (AvgIpc) is 3.13. The van der Waals surface area contributed by atoms with Crippen molar-refractivity contribution in [3.8, 4) is 5.69 Å². The van der Waals surface area contributed by atoms with Crippen LogP contribution in [0.5, 0.6) is 0 Å². The summed E-state index contributed by atoms with van der Waals surface area (Å²) >= 11 is 6.12. The van der Waals surface area contributed by atoms with Crippen molar-refractivity contribution in [3.63, 3.8) is 0 Å². The molecular weight excluding hydrogens is 424 g/mol. The number of nitrogens with one attached hydrogen (secondary N) is 2. The van der Waals surface area contributed by atoms with Crippen LogP contribution in [0.1, 0.15) is 61.0 Å². The molecule has 5 rings (SSSR count). The molecule has 2 N–H and O–H groups in total. The van der Waals surface area contributed by atoms with Crippen molar-refractivity contribution in [1.82, 2.24) is 25.4 Å². The Labute approximate surface area is 191 Å². The van der Waals surface area contributed by atoms with Gasteiger partial charge in [-0.2, -0.15) is 0 Å². The van der Waals surface area contributed by atoms with Gasteiger partial charge in [-0.15, -0.1) is 10.2 Å². The van der Waals surface area contributed by atoms with Gasteiger partial charge in [-0.25, -0.2) is 4.79 Å². The van der Waals surface area contributed by atoms with Crippen LogP contribution < -0.4 is 10.6 Å². The molecule has 0 radical (unpaired) electrons. The number of halogens is 1. The Balaban J connectivity index is 1.56. The molecular formula is C24H25ClN6O. The molecule has 8 heteroatoms. The Hall–Kier alpha value is -3.19. The topological polar surface area (TPSA) is 84.2 Å². The second kappa shape index (κ2) is 8.74. The molecule has 32 heavy (non-hydrogen) atoms. The van der Waals surface area contributed by atoms with Crippen LogP contribution >= 0.6 is 11.6 Å². The first kappa shape index (κ1) is 20.7.